The van der Waals surface area contributed by atoms with Crippen LogP contribution < -0.4 is 10.6 Å². The van der Waals surface area contributed by atoms with Crippen LogP contribution in [-0.4, -0.2) is 54.9 Å². The first-order valence-electron chi connectivity index (χ1n) is 8.10. The quantitative estimate of drug-likeness (QED) is 0.709. The van der Waals surface area contributed by atoms with E-state index in [2.05, 4.69) is 36.4 Å². The van der Waals surface area contributed by atoms with E-state index in [1.807, 2.05) is 20.8 Å². The maximum atomic E-state index is 11.6. The zero-order chi connectivity index (χ0) is 16.0. The molecule has 0 aromatic heterocycles. The van der Waals surface area contributed by atoms with E-state index in [4.69, 9.17) is 4.74 Å². The molecule has 124 valence electrons. The molecule has 1 aliphatic carbocycles. The van der Waals surface area contributed by atoms with Gasteiger partial charge in [0.1, 0.15) is 5.60 Å². The second kappa shape index (κ2) is 7.99. The predicted octanol–water partition coefficient (Wildman–Crippen LogP) is 2.36. The van der Waals surface area contributed by atoms with Gasteiger partial charge in [-0.25, -0.2) is 4.79 Å². The highest BCUT2D eigenvalue weighted by Crippen LogP contribution is 2.20. The fraction of sp³-hybridized carbons (Fsp3) is 0.938. The molecular formula is C16H33N3O2. The lowest BCUT2D eigenvalue weighted by molar-refractivity contribution is 0.0465. The third kappa shape index (κ3) is 7.67. The number of hydrogen-bond acceptors (Lipinski definition) is 4. The summed E-state index contributed by atoms with van der Waals surface area (Å²) in [5, 5.41) is 6.46. The number of amides is 1. The zero-order valence-corrected chi connectivity index (χ0v) is 14.5. The molecule has 0 bridgehead atoms. The van der Waals surface area contributed by atoms with Gasteiger partial charge in [0.25, 0.3) is 0 Å². The molecule has 2 N–H and O–H groups in total. The number of nitrogens with one attached hydrogen (secondary N) is 2. The Bertz CT molecular complexity index is 320. The number of hydrogen-bond donors (Lipinski definition) is 2. The van der Waals surface area contributed by atoms with Crippen LogP contribution in [0.4, 0.5) is 4.79 Å². The van der Waals surface area contributed by atoms with Crippen molar-refractivity contribution >= 4 is 6.09 Å². The molecule has 0 unspecified atom stereocenters. The standard InChI is InChI=1S/C16H33N3O2/c1-12(2)19(6)9-7-8-17-13-10-14(11-13)18-15(20)21-16(3,4)5/h12-14,17H,7-11H2,1-6H3,(H,18,20). The molecule has 0 heterocycles. The lowest BCUT2D eigenvalue weighted by Gasteiger charge is -2.37. The van der Waals surface area contributed by atoms with Crippen molar-refractivity contribution in [2.75, 3.05) is 20.1 Å². The van der Waals surface area contributed by atoms with Crippen molar-refractivity contribution < 1.29 is 9.53 Å². The number of alkyl carbamates (subject to hydrolysis) is 1. The van der Waals surface area contributed by atoms with Crippen molar-refractivity contribution in [1.29, 1.82) is 0 Å². The van der Waals surface area contributed by atoms with E-state index in [0.717, 1.165) is 32.4 Å². The number of rotatable bonds is 7. The van der Waals surface area contributed by atoms with E-state index in [9.17, 15) is 4.79 Å². The molecule has 5 nitrogen and oxygen atoms in total. The summed E-state index contributed by atoms with van der Waals surface area (Å²) in [6.07, 6.45) is 2.86. The van der Waals surface area contributed by atoms with E-state index in [1.54, 1.807) is 0 Å². The Morgan fingerprint density at radius 1 is 1.29 bits per heavy atom. The van der Waals surface area contributed by atoms with Gasteiger partial charge in [-0.15, -0.1) is 0 Å². The highest BCUT2D eigenvalue weighted by atomic mass is 16.6. The fourth-order valence-electron chi connectivity index (χ4n) is 2.27. The molecule has 5 heteroatoms. The monoisotopic (exact) mass is 299 g/mol. The average molecular weight is 299 g/mol. The van der Waals surface area contributed by atoms with Crippen molar-refractivity contribution in [1.82, 2.24) is 15.5 Å². The second-order valence-corrected chi connectivity index (χ2v) is 7.39. The summed E-state index contributed by atoms with van der Waals surface area (Å²) >= 11 is 0. The Morgan fingerprint density at radius 2 is 1.90 bits per heavy atom. The smallest absolute Gasteiger partial charge is 0.407 e. The van der Waals surface area contributed by atoms with Gasteiger partial charge in [0.15, 0.2) is 0 Å². The topological polar surface area (TPSA) is 53.6 Å². The highest BCUT2D eigenvalue weighted by Gasteiger charge is 2.31. The Kier molecular flexibility index (Phi) is 6.94. The van der Waals surface area contributed by atoms with E-state index in [1.165, 1.54) is 0 Å². The van der Waals surface area contributed by atoms with Crippen molar-refractivity contribution in [3.8, 4) is 0 Å². The van der Waals surface area contributed by atoms with Crippen LogP contribution in [0.3, 0.4) is 0 Å². The van der Waals surface area contributed by atoms with Crippen LogP contribution in [0.15, 0.2) is 0 Å². The summed E-state index contributed by atoms with van der Waals surface area (Å²) in [7, 11) is 2.16. The summed E-state index contributed by atoms with van der Waals surface area (Å²) in [5.74, 6) is 0. The van der Waals surface area contributed by atoms with Crippen molar-refractivity contribution in [3.05, 3.63) is 0 Å². The van der Waals surface area contributed by atoms with Crippen molar-refractivity contribution in [2.24, 2.45) is 0 Å². The normalized spacial score (nSPS) is 22.3. The number of carbonyl (C=O) groups is 1. The lowest BCUT2D eigenvalue weighted by atomic mass is 9.87. The molecule has 0 aromatic rings. The Morgan fingerprint density at radius 3 is 2.43 bits per heavy atom. The molecular weight excluding hydrogens is 266 g/mol. The van der Waals surface area contributed by atoms with Crippen LogP contribution in [0, 0.1) is 0 Å². The maximum absolute atomic E-state index is 11.6. The van der Waals surface area contributed by atoms with Gasteiger partial charge in [-0.05, 0) is 74.0 Å². The molecule has 1 fully saturated rings. The second-order valence-electron chi connectivity index (χ2n) is 7.39. The van der Waals surface area contributed by atoms with Crippen LogP contribution >= 0.6 is 0 Å². The van der Waals surface area contributed by atoms with Gasteiger partial charge in [-0.3, -0.25) is 0 Å². The first-order chi connectivity index (χ1) is 9.67. The van der Waals surface area contributed by atoms with Crippen molar-refractivity contribution in [3.63, 3.8) is 0 Å². The van der Waals surface area contributed by atoms with Crippen LogP contribution in [0.25, 0.3) is 0 Å². The summed E-state index contributed by atoms with van der Waals surface area (Å²) < 4.78 is 5.25. The number of ether oxygens (including phenoxy) is 1. The van der Waals surface area contributed by atoms with Gasteiger partial charge in [0.05, 0.1) is 0 Å². The summed E-state index contributed by atoms with van der Waals surface area (Å²) in [5.41, 5.74) is -0.423. The summed E-state index contributed by atoms with van der Waals surface area (Å²) in [6, 6.07) is 1.40. The molecule has 1 rings (SSSR count). The molecule has 1 amide bonds. The van der Waals surface area contributed by atoms with E-state index in [-0.39, 0.29) is 12.1 Å². The molecule has 1 saturated carbocycles. The lowest BCUT2D eigenvalue weighted by Crippen LogP contribution is -2.53. The molecule has 21 heavy (non-hydrogen) atoms. The van der Waals surface area contributed by atoms with Crippen LogP contribution in [0.2, 0.25) is 0 Å². The fourth-order valence-corrected chi connectivity index (χ4v) is 2.27. The molecule has 1 aliphatic rings. The first kappa shape index (κ1) is 18.2. The number of carbonyl (C=O) groups excluding carboxylic acids is 1. The molecule has 0 spiro atoms. The number of nitrogens with zero attached hydrogens (tertiary/aromatic N) is 1. The maximum Gasteiger partial charge on any atom is 0.407 e. The Hall–Kier alpha value is -0.810. The van der Waals surface area contributed by atoms with E-state index >= 15 is 0 Å². The van der Waals surface area contributed by atoms with E-state index < -0.39 is 5.60 Å². The van der Waals surface area contributed by atoms with Gasteiger partial charge in [-0.1, -0.05) is 0 Å². The first-order valence-corrected chi connectivity index (χ1v) is 8.10. The third-order valence-corrected chi connectivity index (χ3v) is 3.86. The van der Waals surface area contributed by atoms with Gasteiger partial charge < -0.3 is 20.3 Å². The molecule has 0 saturated heterocycles. The molecule has 0 radical (unpaired) electrons. The predicted molar refractivity (Wildman–Crippen MR) is 86.6 cm³/mol. The Balaban J connectivity index is 2.03. The van der Waals surface area contributed by atoms with Gasteiger partial charge in [0.2, 0.25) is 0 Å². The third-order valence-electron chi connectivity index (χ3n) is 3.86. The molecule has 0 aliphatic heterocycles. The van der Waals surface area contributed by atoms with Crippen molar-refractivity contribution in [2.45, 2.75) is 77.6 Å². The summed E-state index contributed by atoms with van der Waals surface area (Å²) in [6.45, 7) is 12.2. The minimum atomic E-state index is -0.423. The SMILES string of the molecule is CC(C)N(C)CCCNC1CC(NC(=O)OC(C)(C)C)C1. The molecule has 0 aromatic carbocycles. The molecule has 0 atom stereocenters. The Labute approximate surface area is 129 Å². The van der Waals surface area contributed by atoms with Gasteiger partial charge in [-0.2, -0.15) is 0 Å². The minimum Gasteiger partial charge on any atom is -0.444 e. The van der Waals surface area contributed by atoms with E-state index in [0.29, 0.717) is 12.1 Å². The highest BCUT2D eigenvalue weighted by molar-refractivity contribution is 5.68. The van der Waals surface area contributed by atoms with Crippen LogP contribution in [-0.2, 0) is 4.74 Å². The van der Waals surface area contributed by atoms with Crippen LogP contribution in [0.5, 0.6) is 0 Å². The minimum absolute atomic E-state index is 0.260. The average Bonchev–Trinajstić information content (AvgIpc) is 2.27. The largest absolute Gasteiger partial charge is 0.444 e. The summed E-state index contributed by atoms with van der Waals surface area (Å²) in [4.78, 5) is 14.0. The van der Waals surface area contributed by atoms with Gasteiger partial charge in [0, 0.05) is 18.1 Å². The van der Waals surface area contributed by atoms with Crippen LogP contribution in [0.1, 0.15) is 53.9 Å². The van der Waals surface area contributed by atoms with Gasteiger partial charge >= 0.3 is 6.09 Å². The zero-order valence-electron chi connectivity index (χ0n) is 14.5.